The van der Waals surface area contributed by atoms with Gasteiger partial charge in [-0.05, 0) is 42.7 Å². The Balaban J connectivity index is 1.38. The van der Waals surface area contributed by atoms with E-state index in [4.69, 9.17) is 9.47 Å². The van der Waals surface area contributed by atoms with Gasteiger partial charge in [0.1, 0.15) is 17.5 Å². The fourth-order valence-corrected chi connectivity index (χ4v) is 5.31. The van der Waals surface area contributed by atoms with Gasteiger partial charge < -0.3 is 30.3 Å². The number of rotatable bonds is 5. The molecule has 0 unspecified atom stereocenters. The number of nitrogens with zero attached hydrogens (tertiary/aromatic N) is 1. The second-order valence-corrected chi connectivity index (χ2v) is 9.33. The summed E-state index contributed by atoms with van der Waals surface area (Å²) in [6.45, 7) is 1.38. The summed E-state index contributed by atoms with van der Waals surface area (Å²) in [6.07, 6.45) is 2.95. The average molecular weight is 480 g/mol. The number of piperidine rings is 1. The van der Waals surface area contributed by atoms with Gasteiger partial charge in [-0.2, -0.15) is 0 Å². The Morgan fingerprint density at radius 3 is 2.69 bits per heavy atom. The third-order valence-electron chi connectivity index (χ3n) is 7.25. The molecule has 0 spiro atoms. The fourth-order valence-electron chi connectivity index (χ4n) is 5.31. The number of benzene rings is 2. The number of carbonyl (C=O) groups is 3. The van der Waals surface area contributed by atoms with Crippen LogP contribution in [-0.2, 0) is 9.59 Å². The van der Waals surface area contributed by atoms with Crippen molar-refractivity contribution in [3.8, 4) is 22.6 Å². The van der Waals surface area contributed by atoms with E-state index in [1.165, 1.54) is 0 Å². The molecule has 3 aliphatic heterocycles. The lowest BCUT2D eigenvalue weighted by Crippen LogP contribution is -2.89. The van der Waals surface area contributed by atoms with Crippen LogP contribution >= 0.6 is 0 Å². The van der Waals surface area contributed by atoms with E-state index in [9.17, 15) is 14.4 Å². The number of nitrogens with one attached hydrogen (secondary N) is 2. The number of nitrogens with two attached hydrogens (primary N) is 1. The maximum absolute atomic E-state index is 13.6. The van der Waals surface area contributed by atoms with Crippen molar-refractivity contribution in [2.75, 3.05) is 32.6 Å². The van der Waals surface area contributed by atoms with E-state index in [0.717, 1.165) is 30.5 Å². The minimum absolute atomic E-state index is 0.0303. The van der Waals surface area contributed by atoms with Crippen LogP contribution in [0.5, 0.6) is 11.5 Å². The molecular weight excluding hydrogens is 448 g/mol. The SMILES string of the molecule is COc1ccc(-c2ccc3c(c2)C(=O)N2CC[C@H](NC(=O)[C@H]4CCC[NH2+]4)C[C@H]2C(=O)N3)c(OC)c1. The van der Waals surface area contributed by atoms with Crippen LogP contribution in [-0.4, -0.2) is 68.1 Å². The van der Waals surface area contributed by atoms with Crippen LogP contribution in [0, 0.1) is 0 Å². The molecule has 9 heteroatoms. The average Bonchev–Trinajstić information content (AvgIpc) is 3.40. The lowest BCUT2D eigenvalue weighted by molar-refractivity contribution is -0.657. The number of fused-ring (bicyclic) bond motifs is 2. The smallest absolute Gasteiger partial charge is 0.278 e. The molecule has 2 fully saturated rings. The summed E-state index contributed by atoms with van der Waals surface area (Å²) < 4.78 is 10.8. The number of quaternary nitrogens is 1. The Bertz CT molecular complexity index is 1160. The van der Waals surface area contributed by atoms with Crippen LogP contribution in [0.15, 0.2) is 36.4 Å². The largest absolute Gasteiger partial charge is 0.497 e. The Kier molecular flexibility index (Phi) is 6.34. The number of anilines is 1. The molecule has 2 saturated heterocycles. The molecule has 3 amide bonds. The standard InChI is InChI=1S/C26H30N4O5/c1-34-17-6-7-18(23(14-17)35-2)15-5-8-20-19(12-15)26(33)30-11-9-16(13-22(30)25(32)29-20)28-24(31)21-4-3-10-27-21/h5-8,12,14,16,21-22,27H,3-4,9-11,13H2,1-2H3,(H,28,31)(H,29,32)/p+1/t16-,21+,22-/m0/s1. The van der Waals surface area contributed by atoms with Gasteiger partial charge in [0.25, 0.3) is 11.8 Å². The molecule has 184 valence electrons. The molecule has 3 atom stereocenters. The summed E-state index contributed by atoms with van der Waals surface area (Å²) >= 11 is 0. The maximum Gasteiger partial charge on any atom is 0.278 e. The Morgan fingerprint density at radius 1 is 1.09 bits per heavy atom. The second-order valence-electron chi connectivity index (χ2n) is 9.33. The van der Waals surface area contributed by atoms with Gasteiger partial charge in [-0.1, -0.05) is 6.07 Å². The third kappa shape index (κ3) is 4.43. The first-order chi connectivity index (χ1) is 17.0. The van der Waals surface area contributed by atoms with Crippen LogP contribution in [0.1, 0.15) is 36.0 Å². The molecule has 2 aromatic carbocycles. The molecule has 2 aromatic rings. The first-order valence-electron chi connectivity index (χ1n) is 12.1. The summed E-state index contributed by atoms with van der Waals surface area (Å²) in [5.41, 5.74) is 2.56. The molecular formula is C26H31N4O5+. The molecule has 5 rings (SSSR count). The minimum Gasteiger partial charge on any atom is -0.497 e. The van der Waals surface area contributed by atoms with Gasteiger partial charge in [0, 0.05) is 37.1 Å². The van der Waals surface area contributed by atoms with Crippen LogP contribution in [0.2, 0.25) is 0 Å². The van der Waals surface area contributed by atoms with Gasteiger partial charge >= 0.3 is 0 Å². The summed E-state index contributed by atoms with van der Waals surface area (Å²) in [7, 11) is 3.18. The monoisotopic (exact) mass is 479 g/mol. The molecule has 3 aliphatic rings. The van der Waals surface area contributed by atoms with E-state index in [2.05, 4.69) is 16.0 Å². The van der Waals surface area contributed by atoms with Gasteiger partial charge in [0.15, 0.2) is 6.04 Å². The number of hydrogen-bond acceptors (Lipinski definition) is 5. The van der Waals surface area contributed by atoms with Crippen LogP contribution in [0.25, 0.3) is 11.1 Å². The van der Waals surface area contributed by atoms with E-state index in [1.807, 2.05) is 18.2 Å². The molecule has 3 heterocycles. The first-order valence-corrected chi connectivity index (χ1v) is 12.1. The predicted molar refractivity (Wildman–Crippen MR) is 129 cm³/mol. The summed E-state index contributed by atoms with van der Waals surface area (Å²) in [6, 6.07) is 10.1. The van der Waals surface area contributed by atoms with E-state index >= 15 is 0 Å². The maximum atomic E-state index is 13.6. The quantitative estimate of drug-likeness (QED) is 0.595. The van der Waals surface area contributed by atoms with Crippen molar-refractivity contribution in [1.29, 1.82) is 0 Å². The zero-order valence-electron chi connectivity index (χ0n) is 20.0. The molecule has 9 nitrogen and oxygen atoms in total. The van der Waals surface area contributed by atoms with Crippen LogP contribution in [0.3, 0.4) is 0 Å². The van der Waals surface area contributed by atoms with E-state index in [0.29, 0.717) is 42.1 Å². The number of ether oxygens (including phenoxy) is 2. The molecule has 4 N–H and O–H groups in total. The minimum atomic E-state index is -0.625. The summed E-state index contributed by atoms with van der Waals surface area (Å²) in [5.74, 6) is 0.920. The number of hydrogen-bond donors (Lipinski definition) is 3. The summed E-state index contributed by atoms with van der Waals surface area (Å²) in [4.78, 5) is 40.9. The normalized spacial score (nSPS) is 23.6. The van der Waals surface area contributed by atoms with Gasteiger partial charge in [-0.25, -0.2) is 0 Å². The van der Waals surface area contributed by atoms with Crippen LogP contribution in [0.4, 0.5) is 5.69 Å². The Labute approximate surface area is 204 Å². The van der Waals surface area contributed by atoms with E-state index in [-0.39, 0.29) is 29.8 Å². The van der Waals surface area contributed by atoms with Crippen molar-refractivity contribution < 1.29 is 29.2 Å². The van der Waals surface area contributed by atoms with Crippen molar-refractivity contribution in [3.63, 3.8) is 0 Å². The van der Waals surface area contributed by atoms with Crippen molar-refractivity contribution in [2.45, 2.75) is 43.8 Å². The number of methoxy groups -OCH3 is 2. The molecule has 0 bridgehead atoms. The second kappa shape index (κ2) is 9.58. The predicted octanol–water partition coefficient (Wildman–Crippen LogP) is 1.14. The zero-order valence-corrected chi connectivity index (χ0v) is 20.0. The highest BCUT2D eigenvalue weighted by Gasteiger charge is 2.41. The van der Waals surface area contributed by atoms with Crippen molar-refractivity contribution >= 4 is 23.4 Å². The molecule has 0 aromatic heterocycles. The van der Waals surface area contributed by atoms with E-state index < -0.39 is 6.04 Å². The van der Waals surface area contributed by atoms with Crippen molar-refractivity contribution in [2.24, 2.45) is 0 Å². The third-order valence-corrected chi connectivity index (χ3v) is 7.25. The first kappa shape index (κ1) is 23.2. The van der Waals surface area contributed by atoms with Crippen molar-refractivity contribution in [1.82, 2.24) is 10.2 Å². The van der Waals surface area contributed by atoms with Crippen LogP contribution < -0.4 is 25.4 Å². The van der Waals surface area contributed by atoms with Gasteiger partial charge in [0.05, 0.1) is 32.0 Å². The number of carbonyl (C=O) groups excluding carboxylic acids is 3. The zero-order chi connectivity index (χ0) is 24.5. The highest BCUT2D eigenvalue weighted by molar-refractivity contribution is 6.10. The Hall–Kier alpha value is -3.59. The molecule has 35 heavy (non-hydrogen) atoms. The summed E-state index contributed by atoms with van der Waals surface area (Å²) in [5, 5.41) is 8.11. The molecule has 0 radical (unpaired) electrons. The fraction of sp³-hybridized carbons (Fsp3) is 0.423. The highest BCUT2D eigenvalue weighted by atomic mass is 16.5. The van der Waals surface area contributed by atoms with Crippen molar-refractivity contribution in [3.05, 3.63) is 42.0 Å². The molecule has 0 saturated carbocycles. The lowest BCUT2D eigenvalue weighted by Gasteiger charge is -2.37. The van der Waals surface area contributed by atoms with Gasteiger partial charge in [0.2, 0.25) is 5.91 Å². The van der Waals surface area contributed by atoms with Gasteiger partial charge in [-0.15, -0.1) is 0 Å². The number of amides is 3. The molecule has 0 aliphatic carbocycles. The van der Waals surface area contributed by atoms with Gasteiger partial charge in [-0.3, -0.25) is 14.4 Å². The Morgan fingerprint density at radius 2 is 1.94 bits per heavy atom. The topological polar surface area (TPSA) is 114 Å². The lowest BCUT2D eigenvalue weighted by atomic mass is 9.95. The highest BCUT2D eigenvalue weighted by Crippen LogP contribution is 2.36. The van der Waals surface area contributed by atoms with E-state index in [1.54, 1.807) is 37.3 Å².